The molecule has 3 aromatic carbocycles. The number of amides is 1. The minimum absolute atomic E-state index is 0.0623. The molecular formula is C25H26FNO6S. The minimum Gasteiger partial charge on any atom is -0.496 e. The third-order valence-electron chi connectivity index (χ3n) is 5.14. The normalized spacial score (nSPS) is 11.2. The van der Waals surface area contributed by atoms with Crippen molar-refractivity contribution in [1.82, 2.24) is 4.90 Å². The van der Waals surface area contributed by atoms with E-state index in [0.29, 0.717) is 17.1 Å². The first-order valence-corrected chi connectivity index (χ1v) is 11.9. The summed E-state index contributed by atoms with van der Waals surface area (Å²) < 4.78 is 54.8. The number of ether oxygens (including phenoxy) is 2. The number of carbonyl (C=O) groups excluding carboxylic acids is 1. The molecule has 0 aliphatic rings. The highest BCUT2D eigenvalue weighted by Gasteiger charge is 2.27. The van der Waals surface area contributed by atoms with Crippen LogP contribution in [0.15, 0.2) is 71.6 Å². The van der Waals surface area contributed by atoms with Crippen LogP contribution in [-0.4, -0.2) is 39.5 Å². The number of methoxy groups -OCH3 is 2. The van der Waals surface area contributed by atoms with Gasteiger partial charge in [-0.25, -0.2) is 4.39 Å². The van der Waals surface area contributed by atoms with Gasteiger partial charge in [-0.1, -0.05) is 24.3 Å². The van der Waals surface area contributed by atoms with Gasteiger partial charge >= 0.3 is 10.1 Å². The molecule has 34 heavy (non-hydrogen) atoms. The first kappa shape index (κ1) is 25.0. The molecule has 0 aliphatic carbocycles. The van der Waals surface area contributed by atoms with Crippen molar-refractivity contribution in [2.75, 3.05) is 14.2 Å². The fraction of sp³-hybridized carbons (Fsp3) is 0.240. The van der Waals surface area contributed by atoms with E-state index < -0.39 is 15.9 Å². The van der Waals surface area contributed by atoms with Crippen LogP contribution in [-0.2, 0) is 16.7 Å². The van der Waals surface area contributed by atoms with Gasteiger partial charge in [0, 0.05) is 18.2 Å². The molecule has 0 radical (unpaired) electrons. The average molecular weight is 488 g/mol. The lowest BCUT2D eigenvalue weighted by atomic mass is 10.1. The Morgan fingerprint density at radius 2 is 1.44 bits per heavy atom. The summed E-state index contributed by atoms with van der Waals surface area (Å²) in [7, 11) is -1.28. The van der Waals surface area contributed by atoms with Gasteiger partial charge in [-0.2, -0.15) is 8.42 Å². The van der Waals surface area contributed by atoms with E-state index in [2.05, 4.69) is 0 Å². The van der Waals surface area contributed by atoms with Crippen LogP contribution in [0.25, 0.3) is 0 Å². The first-order valence-electron chi connectivity index (χ1n) is 10.5. The van der Waals surface area contributed by atoms with Gasteiger partial charge in [0.2, 0.25) is 0 Å². The second kappa shape index (κ2) is 10.6. The molecule has 3 aromatic rings. The molecule has 0 saturated carbocycles. The Balaban J connectivity index is 1.96. The van der Waals surface area contributed by atoms with Crippen molar-refractivity contribution in [3.63, 3.8) is 0 Å². The van der Waals surface area contributed by atoms with Crippen LogP contribution in [0.3, 0.4) is 0 Å². The van der Waals surface area contributed by atoms with Crippen molar-refractivity contribution < 1.29 is 31.3 Å². The highest BCUT2D eigenvalue weighted by molar-refractivity contribution is 7.87. The van der Waals surface area contributed by atoms with Gasteiger partial charge in [0.1, 0.15) is 33.5 Å². The molecule has 0 bridgehead atoms. The van der Waals surface area contributed by atoms with Gasteiger partial charge in [0.25, 0.3) is 5.91 Å². The molecule has 0 saturated heterocycles. The molecule has 0 aliphatic heterocycles. The van der Waals surface area contributed by atoms with Crippen LogP contribution in [0.5, 0.6) is 17.2 Å². The third-order valence-corrected chi connectivity index (χ3v) is 6.39. The van der Waals surface area contributed by atoms with Gasteiger partial charge in [-0.05, 0) is 56.3 Å². The standard InChI is InChI=1S/C25H26FNO6S/c1-17(2)27(25(28)24-22(31-3)10-7-11-23(24)32-4)16-18-8-5-6-9-21(18)33-34(29,30)20-14-12-19(26)13-15-20/h5-15,17H,16H2,1-4H3. The van der Waals surface area contributed by atoms with E-state index >= 15 is 0 Å². The number of rotatable bonds is 9. The smallest absolute Gasteiger partial charge is 0.339 e. The molecule has 0 fully saturated rings. The van der Waals surface area contributed by atoms with E-state index in [1.807, 2.05) is 13.8 Å². The van der Waals surface area contributed by atoms with Gasteiger partial charge < -0.3 is 18.6 Å². The summed E-state index contributed by atoms with van der Waals surface area (Å²) in [4.78, 5) is 15.0. The number of hydrogen-bond donors (Lipinski definition) is 0. The summed E-state index contributed by atoms with van der Waals surface area (Å²) in [6, 6.07) is 15.7. The van der Waals surface area contributed by atoms with Crippen molar-refractivity contribution in [2.45, 2.75) is 31.3 Å². The lowest BCUT2D eigenvalue weighted by molar-refractivity contribution is 0.0682. The van der Waals surface area contributed by atoms with E-state index in [9.17, 15) is 17.6 Å². The summed E-state index contributed by atoms with van der Waals surface area (Å²) in [5.74, 6) is -0.119. The number of benzene rings is 3. The number of nitrogens with zero attached hydrogens (tertiary/aromatic N) is 1. The highest BCUT2D eigenvalue weighted by atomic mass is 32.2. The van der Waals surface area contributed by atoms with Gasteiger partial charge in [0.05, 0.1) is 14.2 Å². The monoisotopic (exact) mass is 487 g/mol. The van der Waals surface area contributed by atoms with Crippen molar-refractivity contribution in [2.24, 2.45) is 0 Å². The molecule has 9 heteroatoms. The summed E-state index contributed by atoms with van der Waals surface area (Å²) >= 11 is 0. The predicted molar refractivity (Wildman–Crippen MR) is 125 cm³/mol. The SMILES string of the molecule is COc1cccc(OC)c1C(=O)N(Cc1ccccc1OS(=O)(=O)c1ccc(F)cc1)C(C)C. The Morgan fingerprint density at radius 3 is 2.00 bits per heavy atom. The van der Waals surface area contributed by atoms with E-state index in [0.717, 1.165) is 24.3 Å². The second-order valence-corrected chi connectivity index (χ2v) is 9.21. The van der Waals surface area contributed by atoms with Crippen LogP contribution in [0, 0.1) is 5.82 Å². The number of para-hydroxylation sites is 1. The summed E-state index contributed by atoms with van der Waals surface area (Å²) in [6.45, 7) is 3.75. The molecule has 0 atom stereocenters. The van der Waals surface area contributed by atoms with Crippen LogP contribution in [0.4, 0.5) is 4.39 Å². The zero-order valence-corrected chi connectivity index (χ0v) is 20.1. The van der Waals surface area contributed by atoms with Gasteiger partial charge in [-0.3, -0.25) is 4.79 Å². The quantitative estimate of drug-likeness (QED) is 0.408. The molecule has 180 valence electrons. The molecule has 0 spiro atoms. The Labute approximate surface area is 198 Å². The first-order chi connectivity index (χ1) is 16.2. The zero-order chi connectivity index (χ0) is 24.9. The molecule has 0 unspecified atom stereocenters. The fourth-order valence-corrected chi connectivity index (χ4v) is 4.33. The molecule has 0 heterocycles. The molecule has 1 amide bonds. The lowest BCUT2D eigenvalue weighted by Crippen LogP contribution is -2.37. The predicted octanol–water partition coefficient (Wildman–Crippen LogP) is 4.66. The Kier molecular flexibility index (Phi) is 7.78. The number of halogens is 1. The van der Waals surface area contributed by atoms with Crippen molar-refractivity contribution >= 4 is 16.0 Å². The molecule has 0 aromatic heterocycles. The summed E-state index contributed by atoms with van der Waals surface area (Å²) in [5, 5.41) is 0. The van der Waals surface area contributed by atoms with Crippen molar-refractivity contribution in [1.29, 1.82) is 0 Å². The molecule has 7 nitrogen and oxygen atoms in total. The van der Waals surface area contributed by atoms with E-state index in [-0.39, 0.29) is 34.7 Å². The summed E-state index contributed by atoms with van der Waals surface area (Å²) in [6.07, 6.45) is 0. The average Bonchev–Trinajstić information content (AvgIpc) is 2.82. The lowest BCUT2D eigenvalue weighted by Gasteiger charge is -2.29. The van der Waals surface area contributed by atoms with E-state index in [4.69, 9.17) is 13.7 Å². The van der Waals surface area contributed by atoms with Crippen LogP contribution in [0.2, 0.25) is 0 Å². The summed E-state index contributed by atoms with van der Waals surface area (Å²) in [5.41, 5.74) is 0.739. The zero-order valence-electron chi connectivity index (χ0n) is 19.3. The fourth-order valence-electron chi connectivity index (χ4n) is 3.36. The minimum atomic E-state index is -4.21. The highest BCUT2D eigenvalue weighted by Crippen LogP contribution is 2.32. The second-order valence-electron chi connectivity index (χ2n) is 7.66. The topological polar surface area (TPSA) is 82.1 Å². The Morgan fingerprint density at radius 1 is 0.882 bits per heavy atom. The maximum absolute atomic E-state index is 13.6. The van der Waals surface area contributed by atoms with E-state index in [1.54, 1.807) is 41.3 Å². The molecule has 0 N–H and O–H groups in total. The third kappa shape index (κ3) is 5.48. The van der Waals surface area contributed by atoms with Crippen LogP contribution >= 0.6 is 0 Å². The van der Waals surface area contributed by atoms with Gasteiger partial charge in [0.15, 0.2) is 0 Å². The van der Waals surface area contributed by atoms with Crippen LogP contribution in [0.1, 0.15) is 29.8 Å². The Hall–Kier alpha value is -3.59. The number of hydrogen-bond acceptors (Lipinski definition) is 6. The van der Waals surface area contributed by atoms with Crippen molar-refractivity contribution in [3.05, 3.63) is 83.7 Å². The Bertz CT molecular complexity index is 1240. The molecule has 3 rings (SSSR count). The maximum atomic E-state index is 13.6. The maximum Gasteiger partial charge on any atom is 0.339 e. The van der Waals surface area contributed by atoms with Crippen molar-refractivity contribution in [3.8, 4) is 17.2 Å². The van der Waals surface area contributed by atoms with Crippen LogP contribution < -0.4 is 13.7 Å². The largest absolute Gasteiger partial charge is 0.496 e. The number of carbonyl (C=O) groups is 1. The van der Waals surface area contributed by atoms with E-state index in [1.165, 1.54) is 20.3 Å². The van der Waals surface area contributed by atoms with Gasteiger partial charge in [-0.15, -0.1) is 0 Å². The molecular weight excluding hydrogens is 461 g/mol.